The van der Waals surface area contributed by atoms with Gasteiger partial charge in [0.1, 0.15) is 29.5 Å². The van der Waals surface area contributed by atoms with Crippen molar-refractivity contribution in [3.8, 4) is 16.2 Å². The van der Waals surface area contributed by atoms with Crippen LogP contribution < -0.4 is 26.0 Å². The van der Waals surface area contributed by atoms with Crippen LogP contribution in [0.1, 0.15) is 96.0 Å². The maximum atomic E-state index is 14.9. The van der Waals surface area contributed by atoms with Crippen LogP contribution >= 0.6 is 22.9 Å². The second-order valence-electron chi connectivity index (χ2n) is 22.1. The molecule has 80 heavy (non-hydrogen) atoms. The highest BCUT2D eigenvalue weighted by Crippen LogP contribution is 2.39. The molecule has 7 rings (SSSR count). The van der Waals surface area contributed by atoms with Gasteiger partial charge in [0, 0.05) is 26.1 Å². The minimum atomic E-state index is -3.63. The predicted octanol–water partition coefficient (Wildman–Crippen LogP) is 8.37. The fourth-order valence-electron chi connectivity index (χ4n) is 9.55. The molecule has 0 radical (unpaired) electrons. The first-order valence-electron chi connectivity index (χ1n) is 27.3. The molecule has 2 aliphatic heterocycles. The largest absolute Gasteiger partial charge is 0.489 e. The third-order valence-electron chi connectivity index (χ3n) is 13.8. The lowest BCUT2D eigenvalue weighted by molar-refractivity contribution is -0.145. The molecule has 0 aliphatic carbocycles. The van der Waals surface area contributed by atoms with Gasteiger partial charge in [0.15, 0.2) is 15.7 Å². The molecular formula is C58H78ClN9O10S2. The summed E-state index contributed by atoms with van der Waals surface area (Å²) < 4.78 is 50.3. The van der Waals surface area contributed by atoms with Crippen molar-refractivity contribution >= 4 is 73.6 Å². The summed E-state index contributed by atoms with van der Waals surface area (Å²) >= 11 is 8.15. The van der Waals surface area contributed by atoms with E-state index in [1.54, 1.807) is 49.4 Å². The minimum absolute atomic E-state index is 0.0117. The monoisotopic (exact) mass is 1160 g/mol. The van der Waals surface area contributed by atoms with E-state index in [0.717, 1.165) is 32.8 Å². The van der Waals surface area contributed by atoms with Crippen LogP contribution in [0.15, 0.2) is 77.3 Å². The molecule has 434 valence electrons. The Labute approximate surface area is 479 Å². The maximum Gasteiger partial charge on any atom is 0.246 e. The number of halogens is 1. The molecule has 5 aromatic rings. The molecule has 0 spiro atoms. The number of aryl methyl sites for hydroxylation is 2. The summed E-state index contributed by atoms with van der Waals surface area (Å²) in [5.41, 5.74) is 7.73. The summed E-state index contributed by atoms with van der Waals surface area (Å²) in [4.78, 5) is 59.2. The molecule has 5 N–H and O–H groups in total. The average molecular weight is 1160 g/mol. The Morgan fingerprint density at radius 2 is 1.59 bits per heavy atom. The quantitative estimate of drug-likeness (QED) is 0.0327. The van der Waals surface area contributed by atoms with E-state index in [4.69, 9.17) is 30.5 Å². The van der Waals surface area contributed by atoms with E-state index in [2.05, 4.69) is 41.1 Å². The number of sulfone groups is 1. The van der Waals surface area contributed by atoms with Crippen molar-refractivity contribution in [1.29, 1.82) is 0 Å². The van der Waals surface area contributed by atoms with Crippen molar-refractivity contribution in [2.24, 2.45) is 5.41 Å². The highest BCUT2D eigenvalue weighted by atomic mass is 35.5. The van der Waals surface area contributed by atoms with E-state index in [1.165, 1.54) is 11.1 Å². The van der Waals surface area contributed by atoms with Crippen LogP contribution in [-0.2, 0) is 45.0 Å². The minimum Gasteiger partial charge on any atom is -0.489 e. The summed E-state index contributed by atoms with van der Waals surface area (Å²) in [6.07, 6.45) is 1.89. The first kappa shape index (κ1) is 61.8. The van der Waals surface area contributed by atoms with Gasteiger partial charge in [0.2, 0.25) is 23.7 Å². The maximum absolute atomic E-state index is 14.9. The number of amides is 3. The number of hydrogen-bond donors (Lipinski definition) is 5. The van der Waals surface area contributed by atoms with Crippen molar-refractivity contribution in [1.82, 2.24) is 35.4 Å². The number of anilines is 4. The second-order valence-corrected chi connectivity index (χ2v) is 25.8. The lowest BCUT2D eigenvalue weighted by Crippen LogP contribution is -2.56. The summed E-state index contributed by atoms with van der Waals surface area (Å²) in [7, 11) is -3.63. The lowest BCUT2D eigenvalue weighted by Gasteiger charge is -2.39. The highest BCUT2D eigenvalue weighted by Gasteiger charge is 2.43. The number of carbonyl (C=O) groups excluding carboxylic acids is 3. The zero-order valence-corrected chi connectivity index (χ0v) is 49.7. The van der Waals surface area contributed by atoms with Crippen molar-refractivity contribution in [3.05, 3.63) is 99.8 Å². The third-order valence-corrected chi connectivity index (χ3v) is 17.3. The van der Waals surface area contributed by atoms with Crippen LogP contribution in [0.5, 0.6) is 5.75 Å². The molecular weight excluding hydrogens is 1080 g/mol. The molecule has 3 atom stereocenters. The Kier molecular flexibility index (Phi) is 21.9. The Balaban J connectivity index is 1.02. The SMILES string of the molecule is Cc1cc(Nc2ncc(Cl)c(Nc3ccccc3S(=O)(=O)C(C)C)n2)c(OC(C)C)cc1C1CCN([C@H](COCCOCCOCC(=O)NCC(C)(C)C)C(=O)N2C[C@H](O)C[C@H]2C(=O)NCc2ccc(-c3scnc3C)cc2)CC1. The highest BCUT2D eigenvalue weighted by molar-refractivity contribution is 7.92. The molecule has 22 heteroatoms. The van der Waals surface area contributed by atoms with Gasteiger partial charge in [-0.05, 0) is 125 Å². The Bertz CT molecular complexity index is 3000. The fraction of sp³-hybridized carbons (Fsp3) is 0.517. The number of aliphatic hydroxyl groups is 1. The number of nitrogens with one attached hydrogen (secondary N) is 4. The zero-order valence-electron chi connectivity index (χ0n) is 47.3. The van der Waals surface area contributed by atoms with E-state index >= 15 is 0 Å². The van der Waals surface area contributed by atoms with E-state index in [0.29, 0.717) is 49.6 Å². The topological polar surface area (TPSA) is 236 Å². The Morgan fingerprint density at radius 1 is 0.887 bits per heavy atom. The number of piperidine rings is 1. The van der Waals surface area contributed by atoms with E-state index in [9.17, 15) is 27.9 Å². The molecule has 0 bridgehead atoms. The Hall–Kier alpha value is -5.78. The van der Waals surface area contributed by atoms with Gasteiger partial charge in [-0.3, -0.25) is 19.3 Å². The molecule has 2 aromatic heterocycles. The van der Waals surface area contributed by atoms with Crippen molar-refractivity contribution in [3.63, 3.8) is 0 Å². The van der Waals surface area contributed by atoms with Gasteiger partial charge in [0.25, 0.3) is 0 Å². The standard InChI is InChI=1S/C58H78ClN9O10S2/c1-36(2)78-50-28-44(38(5)26-47(50)65-57-61-30-45(59)54(66-57)64-46-12-10-11-13-51(46)80(73,74)37(3)4)41-18-20-67(21-19-41)49(32-76-24-22-75-23-25-77-33-52(70)62-34-58(7,8)9)56(72)68-31-43(69)27-48(68)55(71)60-29-40-14-16-42(17-15-40)53-39(6)63-35-79-53/h10-17,26,28,30,35-37,41,43,48-49,69H,18-25,27,29,31-34H2,1-9H3,(H,60,71)(H,62,70)(H2,61,64,65,66)/t43-,48+,49-/m1/s1. The average Bonchev–Trinajstić information content (AvgIpc) is 4.04. The van der Waals surface area contributed by atoms with E-state index in [-0.39, 0.29) is 116 Å². The first-order chi connectivity index (χ1) is 38.1. The third kappa shape index (κ3) is 16.9. The second kappa shape index (κ2) is 28.3. The number of aliphatic hydroxyl groups excluding tert-OH is 1. The molecule has 2 aliphatic rings. The van der Waals surface area contributed by atoms with E-state index < -0.39 is 33.3 Å². The van der Waals surface area contributed by atoms with Gasteiger partial charge >= 0.3 is 0 Å². The first-order valence-corrected chi connectivity index (χ1v) is 30.1. The number of ether oxygens (including phenoxy) is 4. The molecule has 2 saturated heterocycles. The summed E-state index contributed by atoms with van der Waals surface area (Å²) in [6.45, 7) is 20.0. The number of hydrogen-bond acceptors (Lipinski definition) is 17. The summed E-state index contributed by atoms with van der Waals surface area (Å²) in [6, 6.07) is 17.0. The molecule has 4 heterocycles. The number of rotatable bonds is 26. The van der Waals surface area contributed by atoms with Crippen molar-refractivity contribution < 1.29 is 46.9 Å². The molecule has 19 nitrogen and oxygen atoms in total. The molecule has 0 saturated carbocycles. The Morgan fingerprint density at radius 3 is 2.26 bits per heavy atom. The number of nitrogens with zero attached hydrogens (tertiary/aromatic N) is 5. The summed E-state index contributed by atoms with van der Waals surface area (Å²) in [5.74, 6) is 0.282. The van der Waals surface area contributed by atoms with Gasteiger partial charge in [-0.1, -0.05) is 68.8 Å². The van der Waals surface area contributed by atoms with Gasteiger partial charge in [-0.2, -0.15) is 4.98 Å². The van der Waals surface area contributed by atoms with Gasteiger partial charge in [-0.15, -0.1) is 11.3 Å². The van der Waals surface area contributed by atoms with Gasteiger partial charge in [-0.25, -0.2) is 18.4 Å². The zero-order chi connectivity index (χ0) is 57.7. The summed E-state index contributed by atoms with van der Waals surface area (Å²) in [5, 5.41) is 22.8. The van der Waals surface area contributed by atoms with E-state index in [1.807, 2.05) is 90.4 Å². The van der Waals surface area contributed by atoms with Crippen molar-refractivity contribution in [2.75, 3.05) is 76.5 Å². The predicted molar refractivity (Wildman–Crippen MR) is 312 cm³/mol. The van der Waals surface area contributed by atoms with Gasteiger partial charge in [0.05, 0.1) is 89.0 Å². The van der Waals surface area contributed by atoms with Crippen LogP contribution in [0.25, 0.3) is 10.4 Å². The number of likely N-dealkylation sites (tertiary alicyclic amines) is 2. The van der Waals surface area contributed by atoms with Gasteiger partial charge < -0.3 is 50.2 Å². The number of thiazole rings is 1. The molecule has 3 amide bonds. The van der Waals surface area contributed by atoms with Crippen LogP contribution in [0.3, 0.4) is 0 Å². The number of para-hydroxylation sites is 1. The number of benzene rings is 3. The normalized spacial score (nSPS) is 16.7. The molecule has 0 unspecified atom stereocenters. The number of aromatic nitrogens is 3. The fourth-order valence-corrected chi connectivity index (χ4v) is 11.7. The van der Waals surface area contributed by atoms with Crippen LogP contribution in [0.4, 0.5) is 23.1 Å². The molecule has 2 fully saturated rings. The van der Waals surface area contributed by atoms with Crippen LogP contribution in [-0.4, -0.2) is 151 Å². The van der Waals surface area contributed by atoms with Crippen LogP contribution in [0, 0.1) is 19.3 Å². The number of β-amino-alcohol motifs (C(OH)–C–C–N with tert-alkyl or cyclic N) is 1. The number of carbonyl (C=O) groups is 3. The lowest BCUT2D eigenvalue weighted by atomic mass is 9.86. The smallest absolute Gasteiger partial charge is 0.246 e. The molecule has 3 aromatic carbocycles. The van der Waals surface area contributed by atoms with Crippen molar-refractivity contribution in [2.45, 2.75) is 128 Å². The van der Waals surface area contributed by atoms with Crippen LogP contribution in [0.2, 0.25) is 5.02 Å².